The molecule has 1 aliphatic rings. The van der Waals surface area contributed by atoms with Gasteiger partial charge in [0.15, 0.2) is 0 Å². The highest BCUT2D eigenvalue weighted by Gasteiger charge is 2.26. The summed E-state index contributed by atoms with van der Waals surface area (Å²) in [5.74, 6) is -0.278. The van der Waals surface area contributed by atoms with Gasteiger partial charge in [-0.05, 0) is 48.2 Å². The third-order valence-corrected chi connectivity index (χ3v) is 5.20. The summed E-state index contributed by atoms with van der Waals surface area (Å²) in [5.41, 5.74) is 4.06. The Hall–Kier alpha value is -3.54. The highest BCUT2D eigenvalue weighted by Crippen LogP contribution is 2.28. The Morgan fingerprint density at radius 1 is 1.03 bits per heavy atom. The third-order valence-electron chi connectivity index (χ3n) is 5.20. The zero-order chi connectivity index (χ0) is 20.2. The molecule has 3 aromatic rings. The Labute approximate surface area is 169 Å². The van der Waals surface area contributed by atoms with Crippen molar-refractivity contribution in [3.63, 3.8) is 0 Å². The van der Waals surface area contributed by atoms with Crippen molar-refractivity contribution in [3.8, 4) is 0 Å². The molecule has 2 aromatic heterocycles. The average molecular weight is 386 g/mol. The van der Waals surface area contributed by atoms with Gasteiger partial charge in [0.25, 0.3) is 11.8 Å². The van der Waals surface area contributed by atoms with Gasteiger partial charge in [-0.2, -0.15) is 0 Å². The second-order valence-corrected chi connectivity index (χ2v) is 7.13. The Balaban J connectivity index is 1.47. The van der Waals surface area contributed by atoms with E-state index in [2.05, 4.69) is 9.97 Å². The molecular formula is C23H22N4O2. The van der Waals surface area contributed by atoms with Crippen LogP contribution >= 0.6 is 0 Å². The lowest BCUT2D eigenvalue weighted by atomic mass is 10.1. The van der Waals surface area contributed by atoms with Crippen LogP contribution in [0.1, 0.15) is 31.8 Å². The summed E-state index contributed by atoms with van der Waals surface area (Å²) in [6, 6.07) is 13.4. The number of anilines is 1. The molecule has 1 aliphatic heterocycles. The van der Waals surface area contributed by atoms with E-state index < -0.39 is 0 Å². The smallest absolute Gasteiger partial charge is 0.259 e. The number of para-hydroxylation sites is 1. The number of rotatable bonds is 5. The molecule has 0 spiro atoms. The lowest BCUT2D eigenvalue weighted by molar-refractivity contribution is 0.0796. The van der Waals surface area contributed by atoms with Gasteiger partial charge in [-0.3, -0.25) is 19.6 Å². The van der Waals surface area contributed by atoms with Crippen LogP contribution in [0.4, 0.5) is 5.69 Å². The molecule has 1 aromatic carbocycles. The van der Waals surface area contributed by atoms with Gasteiger partial charge in [0.05, 0.1) is 11.1 Å². The normalized spacial score (nSPS) is 12.5. The predicted molar refractivity (Wildman–Crippen MR) is 111 cm³/mol. The quantitative estimate of drug-likeness (QED) is 0.676. The number of benzene rings is 1. The van der Waals surface area contributed by atoms with Gasteiger partial charge in [0, 0.05) is 50.6 Å². The van der Waals surface area contributed by atoms with Crippen LogP contribution in [0.3, 0.4) is 0 Å². The van der Waals surface area contributed by atoms with E-state index in [4.69, 9.17) is 0 Å². The lowest BCUT2D eigenvalue weighted by Gasteiger charge is -2.19. The number of aromatic nitrogens is 2. The van der Waals surface area contributed by atoms with Crippen molar-refractivity contribution in [1.29, 1.82) is 0 Å². The van der Waals surface area contributed by atoms with E-state index in [9.17, 15) is 9.59 Å². The molecule has 0 bridgehead atoms. The Morgan fingerprint density at radius 3 is 2.62 bits per heavy atom. The topological polar surface area (TPSA) is 66.4 Å². The standard InChI is InChI=1S/C23H22N4O2/c1-26(12-8-17-6-10-24-11-7-17)22(28)19-14-20(16-25-15-19)23(29)27-13-9-18-4-2-3-5-21(18)27/h2-7,10-11,14-16H,8-9,12-13H2,1H3. The Kier molecular flexibility index (Phi) is 5.33. The maximum atomic E-state index is 13.0. The summed E-state index contributed by atoms with van der Waals surface area (Å²) in [7, 11) is 1.76. The molecule has 146 valence electrons. The van der Waals surface area contributed by atoms with E-state index in [1.807, 2.05) is 36.4 Å². The average Bonchev–Trinajstić information content (AvgIpc) is 3.21. The monoisotopic (exact) mass is 386 g/mol. The molecule has 0 N–H and O–H groups in total. The molecule has 6 heteroatoms. The van der Waals surface area contributed by atoms with Gasteiger partial charge in [-0.15, -0.1) is 0 Å². The van der Waals surface area contributed by atoms with Crippen LogP contribution in [-0.4, -0.2) is 46.8 Å². The molecule has 0 atom stereocenters. The molecule has 3 heterocycles. The van der Waals surface area contributed by atoms with Gasteiger partial charge >= 0.3 is 0 Å². The van der Waals surface area contributed by atoms with Crippen molar-refractivity contribution in [3.05, 3.63) is 89.5 Å². The molecule has 6 nitrogen and oxygen atoms in total. The molecule has 0 radical (unpaired) electrons. The van der Waals surface area contributed by atoms with Crippen molar-refractivity contribution in [1.82, 2.24) is 14.9 Å². The van der Waals surface area contributed by atoms with Crippen molar-refractivity contribution in [2.75, 3.05) is 25.0 Å². The van der Waals surface area contributed by atoms with Crippen LogP contribution < -0.4 is 4.90 Å². The summed E-state index contributed by atoms with van der Waals surface area (Å²) in [6.07, 6.45) is 8.10. The maximum absolute atomic E-state index is 13.0. The molecule has 4 rings (SSSR count). The summed E-state index contributed by atoms with van der Waals surface area (Å²) in [5, 5.41) is 0. The van der Waals surface area contributed by atoms with Crippen LogP contribution in [0.25, 0.3) is 0 Å². The van der Waals surface area contributed by atoms with Crippen molar-refractivity contribution < 1.29 is 9.59 Å². The third kappa shape index (κ3) is 4.01. The first kappa shape index (κ1) is 18.8. The second-order valence-electron chi connectivity index (χ2n) is 7.13. The lowest BCUT2D eigenvalue weighted by Crippen LogP contribution is -2.31. The number of pyridine rings is 2. The highest BCUT2D eigenvalue weighted by atomic mass is 16.2. The van der Waals surface area contributed by atoms with E-state index in [1.165, 1.54) is 12.4 Å². The summed E-state index contributed by atoms with van der Waals surface area (Å²) < 4.78 is 0. The van der Waals surface area contributed by atoms with Crippen molar-refractivity contribution >= 4 is 17.5 Å². The zero-order valence-corrected chi connectivity index (χ0v) is 16.3. The van der Waals surface area contributed by atoms with Gasteiger partial charge < -0.3 is 9.80 Å². The van der Waals surface area contributed by atoms with Crippen LogP contribution in [0.5, 0.6) is 0 Å². The Bertz CT molecular complexity index is 1040. The number of likely N-dealkylation sites (N-methyl/N-ethyl adjacent to an activating group) is 1. The molecule has 0 fully saturated rings. The van der Waals surface area contributed by atoms with Crippen molar-refractivity contribution in [2.45, 2.75) is 12.8 Å². The van der Waals surface area contributed by atoms with Crippen molar-refractivity contribution in [2.24, 2.45) is 0 Å². The molecule has 0 saturated carbocycles. The van der Waals surface area contributed by atoms with E-state index in [-0.39, 0.29) is 11.8 Å². The Morgan fingerprint density at radius 2 is 1.79 bits per heavy atom. The van der Waals surface area contributed by atoms with E-state index >= 15 is 0 Å². The minimum Gasteiger partial charge on any atom is -0.341 e. The maximum Gasteiger partial charge on any atom is 0.259 e. The minimum atomic E-state index is -0.150. The molecular weight excluding hydrogens is 364 g/mol. The van der Waals surface area contributed by atoms with E-state index in [0.29, 0.717) is 24.2 Å². The number of amides is 2. The first-order chi connectivity index (χ1) is 14.1. The summed E-state index contributed by atoms with van der Waals surface area (Å²) in [6.45, 7) is 1.21. The predicted octanol–water partition coefficient (Wildman–Crippen LogP) is 2.99. The van der Waals surface area contributed by atoms with Crippen LogP contribution in [0.2, 0.25) is 0 Å². The summed E-state index contributed by atoms with van der Waals surface area (Å²) in [4.78, 5) is 37.4. The molecule has 29 heavy (non-hydrogen) atoms. The largest absolute Gasteiger partial charge is 0.341 e. The van der Waals surface area contributed by atoms with Gasteiger partial charge in [0.1, 0.15) is 0 Å². The first-order valence-corrected chi connectivity index (χ1v) is 9.62. The molecule has 0 saturated heterocycles. The number of carbonyl (C=O) groups is 2. The first-order valence-electron chi connectivity index (χ1n) is 9.62. The number of hydrogen-bond donors (Lipinski definition) is 0. The number of fused-ring (bicyclic) bond motifs is 1. The second kappa shape index (κ2) is 8.22. The fraction of sp³-hybridized carbons (Fsp3) is 0.217. The van der Waals surface area contributed by atoms with Gasteiger partial charge in [-0.25, -0.2) is 0 Å². The number of nitrogens with zero attached hydrogens (tertiary/aromatic N) is 4. The van der Waals surface area contributed by atoms with Crippen LogP contribution in [0, 0.1) is 0 Å². The summed E-state index contributed by atoms with van der Waals surface area (Å²) >= 11 is 0. The van der Waals surface area contributed by atoms with Crippen LogP contribution in [0.15, 0.2) is 67.3 Å². The van der Waals surface area contributed by atoms with Gasteiger partial charge in [-0.1, -0.05) is 18.2 Å². The van der Waals surface area contributed by atoms with Gasteiger partial charge in [0.2, 0.25) is 0 Å². The zero-order valence-electron chi connectivity index (χ0n) is 16.3. The number of hydrogen-bond acceptors (Lipinski definition) is 4. The minimum absolute atomic E-state index is 0.128. The highest BCUT2D eigenvalue weighted by molar-refractivity contribution is 6.08. The fourth-order valence-electron chi connectivity index (χ4n) is 3.55. The molecule has 0 aliphatic carbocycles. The number of carbonyl (C=O) groups excluding carboxylic acids is 2. The molecule has 0 unspecified atom stereocenters. The van der Waals surface area contributed by atoms with Crippen LogP contribution in [-0.2, 0) is 12.8 Å². The van der Waals surface area contributed by atoms with E-state index in [0.717, 1.165) is 29.7 Å². The SMILES string of the molecule is CN(CCc1ccncc1)C(=O)c1cncc(C(=O)N2CCc3ccccc32)c1. The molecule has 2 amide bonds. The fourth-order valence-corrected chi connectivity index (χ4v) is 3.55. The van der Waals surface area contributed by atoms with E-state index in [1.54, 1.807) is 35.3 Å².